The van der Waals surface area contributed by atoms with Crippen molar-refractivity contribution in [1.82, 2.24) is 15.0 Å². The molecule has 0 saturated heterocycles. The molecule has 0 saturated carbocycles. The van der Waals surface area contributed by atoms with Crippen LogP contribution in [0.2, 0.25) is 0 Å². The summed E-state index contributed by atoms with van der Waals surface area (Å²) in [5.41, 5.74) is 4.28. The van der Waals surface area contributed by atoms with Gasteiger partial charge in [-0.2, -0.15) is 0 Å². The Bertz CT molecular complexity index is 838. The molecule has 0 radical (unpaired) electrons. The highest BCUT2D eigenvalue weighted by Gasteiger charge is 2.21. The number of nitrogens with zero attached hydrogens (tertiary/aromatic N) is 3. The predicted molar refractivity (Wildman–Crippen MR) is 83.2 cm³/mol. The van der Waals surface area contributed by atoms with Crippen LogP contribution < -0.4 is 0 Å². The summed E-state index contributed by atoms with van der Waals surface area (Å²) in [5.74, 6) is -1.09. The van der Waals surface area contributed by atoms with Crippen molar-refractivity contribution in [2.24, 2.45) is 0 Å². The Morgan fingerprint density at radius 3 is 2.41 bits per heavy atom. The minimum absolute atomic E-state index is 0.0515. The van der Waals surface area contributed by atoms with E-state index in [2.05, 4.69) is 10.3 Å². The van der Waals surface area contributed by atoms with Crippen LogP contribution in [0, 0.1) is 13.8 Å². The fourth-order valence-electron chi connectivity index (χ4n) is 2.32. The van der Waals surface area contributed by atoms with Crippen molar-refractivity contribution in [2.45, 2.75) is 13.8 Å². The monoisotopic (exact) mass is 293 g/mol. The van der Waals surface area contributed by atoms with Gasteiger partial charge >= 0.3 is 5.97 Å². The zero-order chi connectivity index (χ0) is 15.7. The SMILES string of the molecule is Cc1ccc(-n2nnc(C(=O)O)c2-c2ccccc2)cc1C. The molecule has 1 heterocycles. The lowest BCUT2D eigenvalue weighted by atomic mass is 10.1. The smallest absolute Gasteiger partial charge is 0.358 e. The Labute approximate surface area is 127 Å². The summed E-state index contributed by atoms with van der Waals surface area (Å²) in [7, 11) is 0. The van der Waals surface area contributed by atoms with Gasteiger partial charge in [-0.25, -0.2) is 9.48 Å². The molecule has 3 rings (SSSR count). The molecule has 0 fully saturated rings. The van der Waals surface area contributed by atoms with Crippen LogP contribution in [-0.4, -0.2) is 26.1 Å². The maximum absolute atomic E-state index is 11.4. The third-order valence-electron chi connectivity index (χ3n) is 3.66. The average Bonchev–Trinajstić information content (AvgIpc) is 2.96. The van der Waals surface area contributed by atoms with E-state index < -0.39 is 5.97 Å². The minimum atomic E-state index is -1.09. The van der Waals surface area contributed by atoms with E-state index in [1.165, 1.54) is 5.56 Å². The molecule has 0 aliphatic rings. The summed E-state index contributed by atoms with van der Waals surface area (Å²) in [4.78, 5) is 11.4. The highest BCUT2D eigenvalue weighted by atomic mass is 16.4. The first kappa shape index (κ1) is 14.0. The van der Waals surface area contributed by atoms with Gasteiger partial charge in [-0.1, -0.05) is 41.6 Å². The van der Waals surface area contributed by atoms with Crippen LogP contribution in [-0.2, 0) is 0 Å². The molecule has 5 nitrogen and oxygen atoms in total. The first-order valence-electron chi connectivity index (χ1n) is 6.90. The number of aromatic nitrogens is 3. The van der Waals surface area contributed by atoms with Crippen molar-refractivity contribution in [2.75, 3.05) is 0 Å². The van der Waals surface area contributed by atoms with Crippen molar-refractivity contribution in [1.29, 1.82) is 0 Å². The number of carboxylic acids is 1. The molecule has 0 bridgehead atoms. The van der Waals surface area contributed by atoms with Gasteiger partial charge in [0.1, 0.15) is 5.69 Å². The fourth-order valence-corrected chi connectivity index (χ4v) is 2.32. The summed E-state index contributed by atoms with van der Waals surface area (Å²) >= 11 is 0. The summed E-state index contributed by atoms with van der Waals surface area (Å²) in [6, 6.07) is 15.2. The van der Waals surface area contributed by atoms with E-state index in [-0.39, 0.29) is 5.69 Å². The molecule has 110 valence electrons. The van der Waals surface area contributed by atoms with E-state index in [0.29, 0.717) is 5.69 Å². The quantitative estimate of drug-likeness (QED) is 0.805. The lowest BCUT2D eigenvalue weighted by Crippen LogP contribution is -2.03. The van der Waals surface area contributed by atoms with E-state index >= 15 is 0 Å². The Morgan fingerprint density at radius 2 is 1.77 bits per heavy atom. The molecule has 0 amide bonds. The second-order valence-corrected chi connectivity index (χ2v) is 5.14. The maximum Gasteiger partial charge on any atom is 0.358 e. The van der Waals surface area contributed by atoms with Gasteiger partial charge in [0, 0.05) is 5.56 Å². The van der Waals surface area contributed by atoms with Crippen molar-refractivity contribution in [3.63, 3.8) is 0 Å². The molecule has 1 N–H and O–H groups in total. The number of benzene rings is 2. The largest absolute Gasteiger partial charge is 0.476 e. The van der Waals surface area contributed by atoms with E-state index in [1.54, 1.807) is 4.68 Å². The summed E-state index contributed by atoms with van der Waals surface area (Å²) < 4.78 is 1.57. The van der Waals surface area contributed by atoms with Crippen LogP contribution in [0.25, 0.3) is 16.9 Å². The van der Waals surface area contributed by atoms with Crippen molar-refractivity contribution in [3.8, 4) is 16.9 Å². The fraction of sp³-hybridized carbons (Fsp3) is 0.118. The summed E-state index contributed by atoms with van der Waals surface area (Å²) in [5, 5.41) is 17.2. The Balaban J connectivity index is 2.24. The first-order valence-corrected chi connectivity index (χ1v) is 6.90. The van der Waals surface area contributed by atoms with Crippen LogP contribution in [0.15, 0.2) is 48.5 Å². The van der Waals surface area contributed by atoms with Crippen molar-refractivity contribution in [3.05, 3.63) is 65.4 Å². The number of carboxylic acid groups (broad SMARTS) is 1. The topological polar surface area (TPSA) is 68.0 Å². The third kappa shape index (κ3) is 2.37. The van der Waals surface area contributed by atoms with Gasteiger partial charge in [0.15, 0.2) is 5.69 Å². The zero-order valence-electron chi connectivity index (χ0n) is 12.3. The van der Waals surface area contributed by atoms with Gasteiger partial charge < -0.3 is 5.11 Å². The van der Waals surface area contributed by atoms with Gasteiger partial charge in [-0.05, 0) is 37.1 Å². The average molecular weight is 293 g/mol. The molecule has 1 aromatic heterocycles. The van der Waals surface area contributed by atoms with Gasteiger partial charge in [0.05, 0.1) is 5.69 Å². The number of carbonyl (C=O) groups is 1. The van der Waals surface area contributed by atoms with Crippen molar-refractivity contribution >= 4 is 5.97 Å². The molecule has 0 spiro atoms. The lowest BCUT2D eigenvalue weighted by molar-refractivity contribution is 0.0691. The van der Waals surface area contributed by atoms with Crippen LogP contribution in [0.1, 0.15) is 21.6 Å². The van der Waals surface area contributed by atoms with E-state index in [4.69, 9.17) is 0 Å². The lowest BCUT2D eigenvalue weighted by Gasteiger charge is -2.09. The summed E-state index contributed by atoms with van der Waals surface area (Å²) in [6.07, 6.45) is 0. The second-order valence-electron chi connectivity index (χ2n) is 5.14. The predicted octanol–water partition coefficient (Wildman–Crippen LogP) is 3.25. The summed E-state index contributed by atoms with van der Waals surface area (Å²) in [6.45, 7) is 4.04. The number of aryl methyl sites for hydroxylation is 2. The first-order chi connectivity index (χ1) is 10.6. The molecule has 5 heteroatoms. The highest BCUT2D eigenvalue weighted by Crippen LogP contribution is 2.26. The standard InChI is InChI=1S/C17H15N3O2/c1-11-8-9-14(10-12(11)2)20-16(13-6-4-3-5-7-13)15(17(21)22)18-19-20/h3-10H,1-2H3,(H,21,22). The molecule has 0 atom stereocenters. The van der Waals surface area contributed by atoms with Crippen molar-refractivity contribution < 1.29 is 9.90 Å². The molecule has 0 unspecified atom stereocenters. The van der Waals surface area contributed by atoms with Gasteiger partial charge in [-0.15, -0.1) is 5.10 Å². The number of rotatable bonds is 3. The van der Waals surface area contributed by atoms with E-state index in [9.17, 15) is 9.90 Å². The van der Waals surface area contributed by atoms with E-state index in [1.807, 2.05) is 62.4 Å². The molecule has 3 aromatic rings. The third-order valence-corrected chi connectivity index (χ3v) is 3.66. The second kappa shape index (κ2) is 5.44. The van der Waals surface area contributed by atoms with E-state index in [0.717, 1.165) is 16.8 Å². The van der Waals surface area contributed by atoms with Gasteiger partial charge in [0.25, 0.3) is 0 Å². The normalized spacial score (nSPS) is 10.6. The molecule has 2 aromatic carbocycles. The molecule has 0 aliphatic carbocycles. The molecule has 0 aliphatic heterocycles. The van der Waals surface area contributed by atoms with Gasteiger partial charge in [0.2, 0.25) is 0 Å². The number of aromatic carboxylic acids is 1. The minimum Gasteiger partial charge on any atom is -0.476 e. The van der Waals surface area contributed by atoms with Gasteiger partial charge in [-0.3, -0.25) is 0 Å². The zero-order valence-corrected chi connectivity index (χ0v) is 12.3. The van der Waals surface area contributed by atoms with Crippen LogP contribution in [0.3, 0.4) is 0 Å². The number of hydrogen-bond acceptors (Lipinski definition) is 3. The molecule has 22 heavy (non-hydrogen) atoms. The highest BCUT2D eigenvalue weighted by molar-refractivity contribution is 5.93. The van der Waals surface area contributed by atoms with Crippen LogP contribution in [0.5, 0.6) is 0 Å². The Morgan fingerprint density at radius 1 is 1.05 bits per heavy atom. The maximum atomic E-state index is 11.4. The van der Waals surface area contributed by atoms with Crippen LogP contribution >= 0.6 is 0 Å². The number of hydrogen-bond donors (Lipinski definition) is 1. The molecular formula is C17H15N3O2. The molecular weight excluding hydrogens is 278 g/mol. The Kier molecular flexibility index (Phi) is 3.47. The Hall–Kier alpha value is -2.95. The van der Waals surface area contributed by atoms with Crippen LogP contribution in [0.4, 0.5) is 0 Å².